The van der Waals surface area contributed by atoms with E-state index in [-0.39, 0.29) is 23.7 Å². The molecule has 2 fully saturated rings. The van der Waals surface area contributed by atoms with Crippen molar-refractivity contribution in [1.82, 2.24) is 19.9 Å². The average molecular weight is 587 g/mol. The van der Waals surface area contributed by atoms with Crippen LogP contribution in [0.25, 0.3) is 10.4 Å². The fourth-order valence-electron chi connectivity index (χ4n) is 5.46. The minimum Gasteiger partial charge on any atom is -0.343 e. The van der Waals surface area contributed by atoms with Crippen molar-refractivity contribution in [2.24, 2.45) is 5.92 Å². The highest BCUT2D eigenvalue weighted by Gasteiger charge is 2.33. The van der Waals surface area contributed by atoms with Crippen LogP contribution >= 0.6 is 11.3 Å². The zero-order valence-corrected chi connectivity index (χ0v) is 23.7. The lowest BCUT2D eigenvalue weighted by Gasteiger charge is -2.28. The predicted octanol–water partition coefficient (Wildman–Crippen LogP) is 6.60. The summed E-state index contributed by atoms with van der Waals surface area (Å²) >= 11 is 1.40. The van der Waals surface area contributed by atoms with Crippen molar-refractivity contribution in [3.8, 4) is 10.4 Å². The molecule has 1 saturated heterocycles. The Bertz CT molecular complexity index is 1390. The van der Waals surface area contributed by atoms with Crippen LogP contribution in [0.1, 0.15) is 62.6 Å². The lowest BCUT2D eigenvalue weighted by molar-refractivity contribution is -0.141. The molecule has 0 unspecified atom stereocenters. The van der Waals surface area contributed by atoms with E-state index in [0.717, 1.165) is 73.3 Å². The molecule has 1 N–H and O–H groups in total. The molecule has 1 saturated carbocycles. The van der Waals surface area contributed by atoms with Gasteiger partial charge in [0.1, 0.15) is 5.69 Å². The van der Waals surface area contributed by atoms with Gasteiger partial charge in [0, 0.05) is 50.1 Å². The van der Waals surface area contributed by atoms with Crippen LogP contribution in [0.5, 0.6) is 0 Å². The molecule has 0 radical (unpaired) electrons. The number of likely N-dealkylation sites (tertiary alicyclic amines) is 1. The van der Waals surface area contributed by atoms with Crippen molar-refractivity contribution >= 4 is 39.9 Å². The molecule has 5 rings (SSSR count). The minimum absolute atomic E-state index is 0.0215. The molecule has 2 aromatic heterocycles. The van der Waals surface area contributed by atoms with Gasteiger partial charge in [-0.1, -0.05) is 36.7 Å². The summed E-state index contributed by atoms with van der Waals surface area (Å²) in [4.78, 5) is 42.4. The van der Waals surface area contributed by atoms with Crippen LogP contribution in [0.3, 0.4) is 0 Å². The zero-order chi connectivity index (χ0) is 29.0. The lowest BCUT2D eigenvalue weighted by atomic mass is 9.88. The molecule has 2 amide bonds. The second-order valence-corrected chi connectivity index (χ2v) is 11.7. The Hall–Kier alpha value is -3.54. The van der Waals surface area contributed by atoms with E-state index in [9.17, 15) is 22.8 Å². The molecule has 12 heteroatoms. The van der Waals surface area contributed by atoms with E-state index < -0.39 is 11.9 Å². The SMILES string of the molecule is Cc1cc(Nc2nccc(C(F)(F)F)n2)cc(-c2cnc(N(CCCN3CCCC3=O)C(=O)C3CCCCC3)s2)c1. The second kappa shape index (κ2) is 12.5. The quantitative estimate of drug-likeness (QED) is 0.304. The van der Waals surface area contributed by atoms with Crippen molar-refractivity contribution in [3.05, 3.63) is 47.9 Å². The summed E-state index contributed by atoms with van der Waals surface area (Å²) in [6.07, 6.45) is 5.38. The van der Waals surface area contributed by atoms with Crippen molar-refractivity contribution in [1.29, 1.82) is 0 Å². The highest BCUT2D eigenvalue weighted by Crippen LogP contribution is 2.36. The Balaban J connectivity index is 1.35. The first kappa shape index (κ1) is 29.0. The molecule has 1 aromatic carbocycles. The molecular formula is C29H33F3N6O2S. The number of rotatable bonds is 9. The summed E-state index contributed by atoms with van der Waals surface area (Å²) < 4.78 is 39.3. The van der Waals surface area contributed by atoms with Crippen LogP contribution in [0, 0.1) is 12.8 Å². The molecule has 2 aliphatic rings. The van der Waals surface area contributed by atoms with Crippen molar-refractivity contribution in [2.75, 3.05) is 29.9 Å². The van der Waals surface area contributed by atoms with Gasteiger partial charge in [-0.25, -0.2) is 15.0 Å². The Morgan fingerprint density at radius 2 is 1.95 bits per heavy atom. The molecule has 218 valence electrons. The Labute approximate surface area is 241 Å². The van der Waals surface area contributed by atoms with Gasteiger partial charge in [0.15, 0.2) is 5.13 Å². The molecular weight excluding hydrogens is 553 g/mol. The van der Waals surface area contributed by atoms with Gasteiger partial charge in [0.25, 0.3) is 0 Å². The number of amides is 2. The number of alkyl halides is 3. The monoisotopic (exact) mass is 586 g/mol. The summed E-state index contributed by atoms with van der Waals surface area (Å²) in [5.74, 6) is 0.0894. The maximum atomic E-state index is 13.7. The van der Waals surface area contributed by atoms with Crippen molar-refractivity contribution < 1.29 is 22.8 Å². The fourth-order valence-corrected chi connectivity index (χ4v) is 6.39. The second-order valence-electron chi connectivity index (χ2n) is 10.6. The van der Waals surface area contributed by atoms with Crippen molar-refractivity contribution in [3.63, 3.8) is 0 Å². The van der Waals surface area contributed by atoms with E-state index in [1.54, 1.807) is 23.2 Å². The summed E-state index contributed by atoms with van der Waals surface area (Å²) in [6, 6.07) is 6.39. The number of halogens is 3. The number of carbonyl (C=O) groups is 2. The number of anilines is 3. The molecule has 1 aliphatic carbocycles. The van der Waals surface area contributed by atoms with E-state index in [2.05, 4.69) is 20.3 Å². The summed E-state index contributed by atoms with van der Waals surface area (Å²) in [5.41, 5.74) is 1.22. The largest absolute Gasteiger partial charge is 0.433 e. The number of aryl methyl sites for hydroxylation is 1. The van der Waals surface area contributed by atoms with Crippen LogP contribution in [0.2, 0.25) is 0 Å². The molecule has 8 nitrogen and oxygen atoms in total. The van der Waals surface area contributed by atoms with Crippen LogP contribution in [-0.4, -0.2) is 51.3 Å². The number of benzene rings is 1. The van der Waals surface area contributed by atoms with Gasteiger partial charge >= 0.3 is 6.18 Å². The zero-order valence-electron chi connectivity index (χ0n) is 22.9. The molecule has 1 aliphatic heterocycles. The van der Waals surface area contributed by atoms with Gasteiger partial charge in [-0.3, -0.25) is 14.5 Å². The first-order valence-electron chi connectivity index (χ1n) is 14.0. The maximum Gasteiger partial charge on any atom is 0.433 e. The molecule has 0 bridgehead atoms. The number of hydrogen-bond donors (Lipinski definition) is 1. The maximum absolute atomic E-state index is 13.7. The normalized spacial score (nSPS) is 16.3. The summed E-state index contributed by atoms with van der Waals surface area (Å²) in [5, 5.41) is 3.49. The third kappa shape index (κ3) is 7.22. The molecule has 0 spiro atoms. The van der Waals surface area contributed by atoms with Crippen LogP contribution in [-0.2, 0) is 15.8 Å². The highest BCUT2D eigenvalue weighted by atomic mass is 32.1. The predicted molar refractivity (Wildman–Crippen MR) is 152 cm³/mol. The summed E-state index contributed by atoms with van der Waals surface area (Å²) in [6.45, 7) is 3.77. The Morgan fingerprint density at radius 3 is 2.68 bits per heavy atom. The first-order chi connectivity index (χ1) is 19.7. The van der Waals surface area contributed by atoms with Gasteiger partial charge in [-0.15, -0.1) is 0 Å². The Kier molecular flexibility index (Phi) is 8.86. The van der Waals surface area contributed by atoms with E-state index in [4.69, 9.17) is 0 Å². The fraction of sp³-hybridized carbons (Fsp3) is 0.483. The van der Waals surface area contributed by atoms with E-state index >= 15 is 0 Å². The van der Waals surface area contributed by atoms with Crippen LogP contribution < -0.4 is 10.2 Å². The smallest absolute Gasteiger partial charge is 0.343 e. The number of thiazole rings is 1. The molecule has 0 atom stereocenters. The van der Waals surface area contributed by atoms with Gasteiger partial charge < -0.3 is 10.2 Å². The number of aromatic nitrogens is 3. The standard InChI is InChI=1S/C29H33F3N6O2S/c1-19-15-21(17-22(16-19)35-27-33-11-10-24(36-27)29(30,31)32)23-18-34-28(41-23)38(26(40)20-7-3-2-4-8-20)14-6-13-37-12-5-9-25(37)39/h10-11,15-18,20H,2-9,12-14H2,1H3,(H,33,35,36). The average Bonchev–Trinajstić information content (AvgIpc) is 3.60. The van der Waals surface area contributed by atoms with Crippen molar-refractivity contribution in [2.45, 2.75) is 64.5 Å². The van der Waals surface area contributed by atoms with E-state index in [1.807, 2.05) is 17.9 Å². The van der Waals surface area contributed by atoms with Crippen LogP contribution in [0.4, 0.5) is 29.9 Å². The number of nitrogens with one attached hydrogen (secondary N) is 1. The number of nitrogens with zero attached hydrogens (tertiary/aromatic N) is 5. The number of carbonyl (C=O) groups excluding carboxylic acids is 2. The topological polar surface area (TPSA) is 91.3 Å². The van der Waals surface area contributed by atoms with Crippen LogP contribution in [0.15, 0.2) is 36.7 Å². The van der Waals surface area contributed by atoms with E-state index in [1.165, 1.54) is 11.3 Å². The summed E-state index contributed by atoms with van der Waals surface area (Å²) in [7, 11) is 0. The van der Waals surface area contributed by atoms with Gasteiger partial charge in [-0.2, -0.15) is 13.2 Å². The minimum atomic E-state index is -4.57. The van der Waals surface area contributed by atoms with E-state index in [0.29, 0.717) is 36.8 Å². The Morgan fingerprint density at radius 1 is 1.15 bits per heavy atom. The molecule has 3 heterocycles. The first-order valence-corrected chi connectivity index (χ1v) is 14.8. The molecule has 3 aromatic rings. The van der Waals surface area contributed by atoms with Gasteiger partial charge in [0.2, 0.25) is 17.8 Å². The highest BCUT2D eigenvalue weighted by molar-refractivity contribution is 7.19. The van der Waals surface area contributed by atoms with Gasteiger partial charge in [-0.05, 0) is 61.9 Å². The third-order valence-electron chi connectivity index (χ3n) is 7.49. The van der Waals surface area contributed by atoms with Gasteiger partial charge in [0.05, 0.1) is 4.88 Å². The third-order valence-corrected chi connectivity index (χ3v) is 8.56. The molecule has 41 heavy (non-hydrogen) atoms. The number of hydrogen-bond acceptors (Lipinski definition) is 7. The lowest BCUT2D eigenvalue weighted by Crippen LogP contribution is -2.39.